The number of benzene rings is 1. The molecule has 31 heavy (non-hydrogen) atoms. The molecule has 0 aliphatic heterocycles. The second-order valence-corrected chi connectivity index (χ2v) is 15.9. The molecule has 2 aromatic rings. The monoisotopic (exact) mass is 456 g/mol. The molecule has 0 spiro atoms. The zero-order valence-electron chi connectivity index (χ0n) is 20.3. The molecule has 1 aliphatic rings. The highest BCUT2D eigenvalue weighted by atomic mass is 32.2. The van der Waals surface area contributed by atoms with E-state index in [-0.39, 0.29) is 5.04 Å². The Morgan fingerprint density at radius 3 is 2.42 bits per heavy atom. The quantitative estimate of drug-likeness (QED) is 0.227. The molecule has 0 atom stereocenters. The van der Waals surface area contributed by atoms with E-state index in [1.54, 1.807) is 11.8 Å². The summed E-state index contributed by atoms with van der Waals surface area (Å²) in [5.41, 5.74) is 3.57. The van der Waals surface area contributed by atoms with Crippen molar-refractivity contribution in [1.29, 1.82) is 0 Å². The number of aromatic nitrogens is 2. The van der Waals surface area contributed by atoms with Gasteiger partial charge in [-0.15, -0.1) is 11.8 Å². The molecule has 3 rings (SSSR count). The first-order chi connectivity index (χ1) is 14.7. The molecular formula is C26H40N2OSSi. The molecule has 1 fully saturated rings. The lowest BCUT2D eigenvalue weighted by molar-refractivity contribution is 0.294. The van der Waals surface area contributed by atoms with E-state index in [2.05, 4.69) is 87.3 Å². The second-order valence-electron chi connectivity index (χ2n) is 10.2. The molecule has 170 valence electrons. The maximum atomic E-state index is 6.31. The summed E-state index contributed by atoms with van der Waals surface area (Å²) in [5, 5.41) is 5.29. The zero-order chi connectivity index (χ0) is 22.5. The van der Waals surface area contributed by atoms with Crippen LogP contribution in [0.1, 0.15) is 71.0 Å². The van der Waals surface area contributed by atoms with Crippen molar-refractivity contribution in [1.82, 2.24) is 9.78 Å². The lowest BCUT2D eigenvalue weighted by Crippen LogP contribution is -2.40. The number of rotatable bonds is 8. The van der Waals surface area contributed by atoms with Gasteiger partial charge in [-0.1, -0.05) is 58.2 Å². The van der Waals surface area contributed by atoms with Crippen LogP contribution in [0.15, 0.2) is 41.3 Å². The molecule has 0 unspecified atom stereocenters. The topological polar surface area (TPSA) is 27.1 Å². The van der Waals surface area contributed by atoms with Crippen LogP contribution in [-0.4, -0.2) is 31.0 Å². The molecule has 0 bridgehead atoms. The SMILES string of the molecule is CSc1ccc(-c2cc(/C=C/CCO[Si](C)(C)C(C)(C)C)nn2C2CCCCC2)cc1. The third kappa shape index (κ3) is 6.36. The van der Waals surface area contributed by atoms with Crippen molar-refractivity contribution in [2.45, 2.75) is 88.4 Å². The summed E-state index contributed by atoms with van der Waals surface area (Å²) >= 11 is 1.79. The molecule has 1 aromatic heterocycles. The van der Waals surface area contributed by atoms with Crippen molar-refractivity contribution in [3.63, 3.8) is 0 Å². The van der Waals surface area contributed by atoms with E-state index >= 15 is 0 Å². The van der Waals surface area contributed by atoms with Crippen molar-refractivity contribution in [2.24, 2.45) is 0 Å². The van der Waals surface area contributed by atoms with Gasteiger partial charge in [-0.2, -0.15) is 5.10 Å². The maximum absolute atomic E-state index is 6.31. The summed E-state index contributed by atoms with van der Waals surface area (Å²) in [4.78, 5) is 1.30. The summed E-state index contributed by atoms with van der Waals surface area (Å²) in [6.45, 7) is 12.3. The Kier molecular flexibility index (Phi) is 8.28. The van der Waals surface area contributed by atoms with Crippen LogP contribution in [-0.2, 0) is 4.43 Å². The minimum Gasteiger partial charge on any atom is -0.417 e. The molecule has 0 radical (unpaired) electrons. The average molecular weight is 457 g/mol. The van der Waals surface area contributed by atoms with Crippen LogP contribution in [0, 0.1) is 0 Å². The molecule has 5 heteroatoms. The highest BCUT2D eigenvalue weighted by Crippen LogP contribution is 2.37. The Morgan fingerprint density at radius 2 is 1.81 bits per heavy atom. The molecule has 1 heterocycles. The Labute approximate surface area is 194 Å². The van der Waals surface area contributed by atoms with Crippen LogP contribution in [0.3, 0.4) is 0 Å². The fourth-order valence-electron chi connectivity index (χ4n) is 3.88. The predicted octanol–water partition coefficient (Wildman–Crippen LogP) is 8.20. The van der Waals surface area contributed by atoms with Crippen LogP contribution in [0.4, 0.5) is 0 Å². The summed E-state index contributed by atoms with van der Waals surface area (Å²) in [5.74, 6) is 0. The maximum Gasteiger partial charge on any atom is 0.191 e. The van der Waals surface area contributed by atoms with Gasteiger partial charge < -0.3 is 4.43 Å². The first-order valence-corrected chi connectivity index (χ1v) is 15.9. The van der Waals surface area contributed by atoms with Gasteiger partial charge in [0.15, 0.2) is 8.32 Å². The third-order valence-corrected chi connectivity index (χ3v) is 12.2. The minimum atomic E-state index is -1.67. The molecular weight excluding hydrogens is 416 g/mol. The summed E-state index contributed by atoms with van der Waals surface area (Å²) in [6, 6.07) is 11.7. The Bertz CT molecular complexity index is 859. The van der Waals surface area contributed by atoms with Gasteiger partial charge in [-0.25, -0.2) is 0 Å². The fourth-order valence-corrected chi connectivity index (χ4v) is 5.35. The van der Waals surface area contributed by atoms with Gasteiger partial charge in [0.05, 0.1) is 17.4 Å². The lowest BCUT2D eigenvalue weighted by Gasteiger charge is -2.36. The van der Waals surface area contributed by atoms with Crippen LogP contribution in [0.2, 0.25) is 18.1 Å². The standard InChI is InChI=1S/C26H40N2OSSi/c1-26(2,3)31(5,6)29-19-11-10-12-22-20-25(21-15-17-24(30-4)18-16-21)28(27-22)23-13-8-7-9-14-23/h10,12,15-18,20,23H,7-9,11,13-14,19H2,1-6H3/b12-10+. The van der Waals surface area contributed by atoms with E-state index in [1.165, 1.54) is 48.3 Å². The molecule has 1 saturated carbocycles. The van der Waals surface area contributed by atoms with Crippen LogP contribution < -0.4 is 0 Å². The summed E-state index contributed by atoms with van der Waals surface area (Å²) < 4.78 is 8.61. The van der Waals surface area contributed by atoms with Crippen LogP contribution in [0.5, 0.6) is 0 Å². The van der Waals surface area contributed by atoms with Crippen molar-refractivity contribution in [3.05, 3.63) is 42.1 Å². The molecule has 0 amide bonds. The van der Waals surface area contributed by atoms with Crippen LogP contribution in [0.25, 0.3) is 17.3 Å². The van der Waals surface area contributed by atoms with Crippen molar-refractivity contribution >= 4 is 26.2 Å². The van der Waals surface area contributed by atoms with Gasteiger partial charge >= 0.3 is 0 Å². The average Bonchev–Trinajstić information content (AvgIpc) is 3.17. The van der Waals surface area contributed by atoms with Crippen molar-refractivity contribution < 1.29 is 4.43 Å². The number of nitrogens with zero attached hydrogens (tertiary/aromatic N) is 2. The second kappa shape index (κ2) is 10.5. The highest BCUT2D eigenvalue weighted by molar-refractivity contribution is 7.98. The predicted molar refractivity (Wildman–Crippen MR) is 138 cm³/mol. The molecule has 1 aliphatic carbocycles. The van der Waals surface area contributed by atoms with Gasteiger partial charge in [-0.3, -0.25) is 4.68 Å². The van der Waals surface area contributed by atoms with E-state index in [0.717, 1.165) is 18.7 Å². The normalized spacial score (nSPS) is 16.3. The Morgan fingerprint density at radius 1 is 1.13 bits per heavy atom. The molecule has 0 saturated heterocycles. The fraction of sp³-hybridized carbons (Fsp3) is 0.577. The van der Waals surface area contributed by atoms with Gasteiger partial charge in [0, 0.05) is 11.5 Å². The van der Waals surface area contributed by atoms with E-state index in [9.17, 15) is 0 Å². The Hall–Kier alpha value is -1.30. The summed E-state index contributed by atoms with van der Waals surface area (Å²) in [7, 11) is -1.67. The van der Waals surface area contributed by atoms with E-state index < -0.39 is 8.32 Å². The first kappa shape index (κ1) is 24.3. The highest BCUT2D eigenvalue weighted by Gasteiger charge is 2.36. The Balaban J connectivity index is 1.73. The number of thioether (sulfide) groups is 1. The molecule has 1 aromatic carbocycles. The van der Waals surface area contributed by atoms with Crippen molar-refractivity contribution in [3.8, 4) is 11.3 Å². The van der Waals surface area contributed by atoms with Gasteiger partial charge in [0.2, 0.25) is 0 Å². The molecule has 0 N–H and O–H groups in total. The zero-order valence-corrected chi connectivity index (χ0v) is 22.1. The molecule has 3 nitrogen and oxygen atoms in total. The van der Waals surface area contributed by atoms with E-state index in [1.807, 2.05) is 0 Å². The lowest BCUT2D eigenvalue weighted by atomic mass is 9.95. The number of hydrogen-bond acceptors (Lipinski definition) is 3. The number of hydrogen-bond donors (Lipinski definition) is 0. The summed E-state index contributed by atoms with van der Waals surface area (Å²) in [6.07, 6.45) is 13.9. The smallest absolute Gasteiger partial charge is 0.191 e. The largest absolute Gasteiger partial charge is 0.417 e. The van der Waals surface area contributed by atoms with Crippen LogP contribution >= 0.6 is 11.8 Å². The van der Waals surface area contributed by atoms with E-state index in [0.29, 0.717) is 6.04 Å². The van der Waals surface area contributed by atoms with E-state index in [4.69, 9.17) is 9.52 Å². The van der Waals surface area contributed by atoms with Crippen molar-refractivity contribution in [2.75, 3.05) is 12.9 Å². The van der Waals surface area contributed by atoms with Gasteiger partial charge in [-0.05, 0) is 73.5 Å². The van der Waals surface area contributed by atoms with Gasteiger partial charge in [0.25, 0.3) is 0 Å². The minimum absolute atomic E-state index is 0.260. The first-order valence-electron chi connectivity index (χ1n) is 11.8. The van der Waals surface area contributed by atoms with Gasteiger partial charge in [0.1, 0.15) is 0 Å². The third-order valence-electron chi connectivity index (χ3n) is 6.90.